The SMILES string of the molecule is Cc1cnc2c(c1)NCCC2. The topological polar surface area (TPSA) is 24.9 Å². The number of aromatic nitrogens is 1. The van der Waals surface area contributed by atoms with Crippen LogP contribution in [0.25, 0.3) is 0 Å². The summed E-state index contributed by atoms with van der Waals surface area (Å²) in [6, 6.07) is 2.17. The summed E-state index contributed by atoms with van der Waals surface area (Å²) in [6.07, 6.45) is 4.28. The molecule has 0 amide bonds. The lowest BCUT2D eigenvalue weighted by atomic mass is 10.1. The normalized spacial score (nSPS) is 15.4. The number of hydrogen-bond donors (Lipinski definition) is 1. The minimum atomic E-state index is 1.10. The second-order valence-electron chi connectivity index (χ2n) is 3.04. The number of nitrogens with zero attached hydrogens (tertiary/aromatic N) is 1. The Hall–Kier alpha value is -1.05. The van der Waals surface area contributed by atoms with Gasteiger partial charge in [-0.1, -0.05) is 0 Å². The van der Waals surface area contributed by atoms with E-state index in [1.165, 1.54) is 23.4 Å². The lowest BCUT2D eigenvalue weighted by molar-refractivity contribution is 0.800. The molecule has 0 spiro atoms. The summed E-state index contributed by atoms with van der Waals surface area (Å²) >= 11 is 0. The Morgan fingerprint density at radius 1 is 1.55 bits per heavy atom. The smallest absolute Gasteiger partial charge is 0.0635 e. The van der Waals surface area contributed by atoms with Crippen LogP contribution < -0.4 is 5.32 Å². The van der Waals surface area contributed by atoms with Crippen LogP contribution in [0.15, 0.2) is 12.3 Å². The van der Waals surface area contributed by atoms with Crippen molar-refractivity contribution >= 4 is 5.69 Å². The molecule has 0 bridgehead atoms. The van der Waals surface area contributed by atoms with Gasteiger partial charge >= 0.3 is 0 Å². The Balaban J connectivity index is 2.43. The van der Waals surface area contributed by atoms with Gasteiger partial charge in [0.25, 0.3) is 0 Å². The van der Waals surface area contributed by atoms with E-state index in [4.69, 9.17) is 0 Å². The number of rotatable bonds is 0. The van der Waals surface area contributed by atoms with Crippen molar-refractivity contribution in [2.45, 2.75) is 19.8 Å². The molecular weight excluding hydrogens is 136 g/mol. The predicted molar refractivity (Wildman–Crippen MR) is 45.8 cm³/mol. The third-order valence-electron chi connectivity index (χ3n) is 2.01. The zero-order valence-electron chi connectivity index (χ0n) is 6.72. The van der Waals surface area contributed by atoms with Gasteiger partial charge in [-0.2, -0.15) is 0 Å². The predicted octanol–water partition coefficient (Wildman–Crippen LogP) is 1.75. The minimum absolute atomic E-state index is 1.10. The maximum atomic E-state index is 4.36. The molecule has 0 radical (unpaired) electrons. The number of pyridine rings is 1. The van der Waals surface area contributed by atoms with Crippen LogP contribution in [0, 0.1) is 6.92 Å². The monoisotopic (exact) mass is 148 g/mol. The van der Waals surface area contributed by atoms with E-state index in [-0.39, 0.29) is 0 Å². The van der Waals surface area contributed by atoms with E-state index in [9.17, 15) is 0 Å². The van der Waals surface area contributed by atoms with Crippen molar-refractivity contribution < 1.29 is 0 Å². The van der Waals surface area contributed by atoms with Gasteiger partial charge < -0.3 is 5.32 Å². The van der Waals surface area contributed by atoms with Crippen LogP contribution in [0.2, 0.25) is 0 Å². The molecule has 1 aliphatic rings. The summed E-state index contributed by atoms with van der Waals surface area (Å²) in [5.74, 6) is 0. The Bertz CT molecular complexity index is 268. The second-order valence-corrected chi connectivity index (χ2v) is 3.04. The standard InChI is InChI=1S/C9H12N2/c1-7-5-9-8(11-6-7)3-2-4-10-9/h5-6,10H,2-4H2,1H3. The van der Waals surface area contributed by atoms with E-state index in [1.54, 1.807) is 0 Å². The summed E-state index contributed by atoms with van der Waals surface area (Å²) < 4.78 is 0. The van der Waals surface area contributed by atoms with Gasteiger partial charge in [0.05, 0.1) is 11.4 Å². The summed E-state index contributed by atoms with van der Waals surface area (Å²) in [5.41, 5.74) is 3.69. The first kappa shape index (κ1) is 6.65. The van der Waals surface area contributed by atoms with E-state index in [2.05, 4.69) is 23.3 Å². The molecule has 58 valence electrons. The summed E-state index contributed by atoms with van der Waals surface area (Å²) in [5, 5.41) is 3.34. The van der Waals surface area contributed by atoms with E-state index in [0.717, 1.165) is 13.0 Å². The van der Waals surface area contributed by atoms with Crippen LogP contribution in [0.3, 0.4) is 0 Å². The van der Waals surface area contributed by atoms with E-state index < -0.39 is 0 Å². The number of aryl methyl sites for hydroxylation is 2. The third kappa shape index (κ3) is 1.20. The van der Waals surface area contributed by atoms with Crippen molar-refractivity contribution in [2.24, 2.45) is 0 Å². The van der Waals surface area contributed by atoms with Gasteiger partial charge in [0, 0.05) is 12.7 Å². The van der Waals surface area contributed by atoms with Crippen LogP contribution in [0.4, 0.5) is 5.69 Å². The molecule has 0 saturated carbocycles. The molecule has 2 nitrogen and oxygen atoms in total. The maximum absolute atomic E-state index is 4.36. The van der Waals surface area contributed by atoms with Crippen molar-refractivity contribution in [3.8, 4) is 0 Å². The molecule has 0 fully saturated rings. The van der Waals surface area contributed by atoms with Gasteiger partial charge in [0.2, 0.25) is 0 Å². The summed E-state index contributed by atoms with van der Waals surface area (Å²) in [4.78, 5) is 4.36. The summed E-state index contributed by atoms with van der Waals surface area (Å²) in [6.45, 7) is 3.17. The zero-order chi connectivity index (χ0) is 7.68. The van der Waals surface area contributed by atoms with Crippen molar-refractivity contribution in [1.82, 2.24) is 4.98 Å². The highest BCUT2D eigenvalue weighted by Crippen LogP contribution is 2.19. The van der Waals surface area contributed by atoms with Gasteiger partial charge in [-0.05, 0) is 31.4 Å². The van der Waals surface area contributed by atoms with Gasteiger partial charge in [-0.25, -0.2) is 0 Å². The third-order valence-corrected chi connectivity index (χ3v) is 2.01. The van der Waals surface area contributed by atoms with Crippen molar-refractivity contribution in [3.63, 3.8) is 0 Å². The average molecular weight is 148 g/mol. The van der Waals surface area contributed by atoms with Crippen molar-refractivity contribution in [3.05, 3.63) is 23.5 Å². The van der Waals surface area contributed by atoms with E-state index in [1.807, 2.05) is 6.20 Å². The highest BCUT2D eigenvalue weighted by Gasteiger charge is 2.08. The van der Waals surface area contributed by atoms with Crippen molar-refractivity contribution in [2.75, 3.05) is 11.9 Å². The first-order valence-electron chi connectivity index (χ1n) is 4.05. The second kappa shape index (κ2) is 2.53. The molecule has 0 atom stereocenters. The Kier molecular flexibility index (Phi) is 1.53. The van der Waals surface area contributed by atoms with Crippen LogP contribution in [0.1, 0.15) is 17.7 Å². The van der Waals surface area contributed by atoms with Crippen LogP contribution in [-0.4, -0.2) is 11.5 Å². The minimum Gasteiger partial charge on any atom is -0.384 e. The fourth-order valence-electron chi connectivity index (χ4n) is 1.43. The molecular formula is C9H12N2. The highest BCUT2D eigenvalue weighted by atomic mass is 14.9. The number of fused-ring (bicyclic) bond motifs is 1. The Morgan fingerprint density at radius 3 is 3.36 bits per heavy atom. The molecule has 1 aliphatic heterocycles. The fraction of sp³-hybridized carbons (Fsp3) is 0.444. The largest absolute Gasteiger partial charge is 0.384 e. The molecule has 2 heteroatoms. The quantitative estimate of drug-likeness (QED) is 0.606. The molecule has 2 rings (SSSR count). The number of nitrogens with one attached hydrogen (secondary N) is 1. The lowest BCUT2D eigenvalue weighted by Gasteiger charge is -2.16. The molecule has 0 saturated heterocycles. The van der Waals surface area contributed by atoms with Gasteiger partial charge in [-0.15, -0.1) is 0 Å². The van der Waals surface area contributed by atoms with Gasteiger partial charge in [-0.3, -0.25) is 4.98 Å². The van der Waals surface area contributed by atoms with Gasteiger partial charge in [0.15, 0.2) is 0 Å². The zero-order valence-corrected chi connectivity index (χ0v) is 6.72. The lowest BCUT2D eigenvalue weighted by Crippen LogP contribution is -2.12. The molecule has 1 N–H and O–H groups in total. The molecule has 2 heterocycles. The molecule has 0 aliphatic carbocycles. The maximum Gasteiger partial charge on any atom is 0.0635 e. The van der Waals surface area contributed by atoms with Crippen LogP contribution in [-0.2, 0) is 6.42 Å². The first-order chi connectivity index (χ1) is 5.36. The molecule has 0 aromatic carbocycles. The fourth-order valence-corrected chi connectivity index (χ4v) is 1.43. The van der Waals surface area contributed by atoms with Gasteiger partial charge in [0.1, 0.15) is 0 Å². The molecule has 1 aromatic rings. The number of anilines is 1. The van der Waals surface area contributed by atoms with E-state index in [0.29, 0.717) is 0 Å². The molecule has 0 unspecified atom stereocenters. The van der Waals surface area contributed by atoms with Crippen LogP contribution >= 0.6 is 0 Å². The molecule has 11 heavy (non-hydrogen) atoms. The number of hydrogen-bond acceptors (Lipinski definition) is 2. The summed E-state index contributed by atoms with van der Waals surface area (Å²) in [7, 11) is 0. The Labute approximate surface area is 66.7 Å². The van der Waals surface area contributed by atoms with E-state index >= 15 is 0 Å². The Morgan fingerprint density at radius 2 is 2.45 bits per heavy atom. The first-order valence-corrected chi connectivity index (χ1v) is 4.05. The van der Waals surface area contributed by atoms with Crippen LogP contribution in [0.5, 0.6) is 0 Å². The highest BCUT2D eigenvalue weighted by molar-refractivity contribution is 5.50. The average Bonchev–Trinajstić information content (AvgIpc) is 2.04. The molecule has 1 aromatic heterocycles. The van der Waals surface area contributed by atoms with Crippen molar-refractivity contribution in [1.29, 1.82) is 0 Å².